The topological polar surface area (TPSA) is 40.0 Å². The van der Waals surface area contributed by atoms with Crippen molar-refractivity contribution in [1.29, 1.82) is 0 Å². The number of nitrogens with zero attached hydrogens (tertiary/aromatic N) is 3. The van der Waals surface area contributed by atoms with Gasteiger partial charge in [0.1, 0.15) is 12.2 Å². The van der Waals surface area contributed by atoms with Crippen LogP contribution in [-0.2, 0) is 0 Å². The van der Waals surface area contributed by atoms with E-state index in [0.29, 0.717) is 29.7 Å². The van der Waals surface area contributed by atoms with Crippen molar-refractivity contribution < 1.29 is 0 Å². The van der Waals surface area contributed by atoms with Crippen molar-refractivity contribution in [2.24, 2.45) is 33.7 Å². The molecule has 0 aromatic carbocycles. The van der Waals surface area contributed by atoms with Crippen molar-refractivity contribution in [2.75, 3.05) is 20.6 Å². The number of hydrogen-bond donors (Lipinski definition) is 1. The van der Waals surface area contributed by atoms with Crippen molar-refractivity contribution >= 4 is 11.4 Å². The Morgan fingerprint density at radius 3 is 2.38 bits per heavy atom. The maximum atomic E-state index is 5.21. The number of rotatable bonds is 3. The highest BCUT2D eigenvalue weighted by Gasteiger charge is 2.41. The lowest BCUT2D eigenvalue weighted by atomic mass is 9.67. The third-order valence-corrected chi connectivity index (χ3v) is 6.04. The van der Waals surface area contributed by atoms with E-state index < -0.39 is 0 Å². The molecule has 0 bridgehead atoms. The molecule has 1 N–H and O–H groups in total. The Balaban J connectivity index is 1.90. The summed E-state index contributed by atoms with van der Waals surface area (Å²) in [7, 11) is 4.43. The number of aliphatic imine (C=N–C) groups is 2. The Morgan fingerprint density at radius 1 is 1.12 bits per heavy atom. The number of nitrogens with one attached hydrogen (secondary N) is 1. The normalized spacial score (nSPS) is 39.7. The fraction of sp³-hybridized carbons (Fsp3) is 0.800. The van der Waals surface area contributed by atoms with E-state index in [1.54, 1.807) is 0 Å². The Morgan fingerprint density at radius 2 is 1.79 bits per heavy atom. The van der Waals surface area contributed by atoms with Gasteiger partial charge in [-0.05, 0) is 44.7 Å². The lowest BCUT2D eigenvalue weighted by molar-refractivity contribution is 0.128. The van der Waals surface area contributed by atoms with E-state index in [4.69, 9.17) is 9.98 Å². The molecule has 1 aliphatic carbocycles. The summed E-state index contributed by atoms with van der Waals surface area (Å²) in [6.45, 7) is 10.3. The lowest BCUT2D eigenvalue weighted by Crippen LogP contribution is -2.50. The Bertz CT molecular complexity index is 534. The first kappa shape index (κ1) is 17.8. The molecule has 4 heteroatoms. The average Bonchev–Trinajstić information content (AvgIpc) is 2.53. The van der Waals surface area contributed by atoms with Crippen LogP contribution >= 0.6 is 0 Å². The molecule has 2 heterocycles. The molecule has 0 radical (unpaired) electrons. The molecule has 2 aliphatic heterocycles. The molecule has 3 rings (SSSR count). The summed E-state index contributed by atoms with van der Waals surface area (Å²) < 4.78 is 0. The van der Waals surface area contributed by atoms with Crippen LogP contribution < -0.4 is 5.32 Å². The van der Waals surface area contributed by atoms with Crippen LogP contribution in [0.4, 0.5) is 0 Å². The first-order valence-electron chi connectivity index (χ1n) is 9.60. The third kappa shape index (κ3) is 3.36. The van der Waals surface area contributed by atoms with Gasteiger partial charge < -0.3 is 4.90 Å². The van der Waals surface area contributed by atoms with E-state index in [9.17, 15) is 0 Å². The highest BCUT2D eigenvalue weighted by molar-refractivity contribution is 6.44. The zero-order chi connectivity index (χ0) is 17.4. The zero-order valence-electron chi connectivity index (χ0n) is 16.2. The highest BCUT2D eigenvalue weighted by atomic mass is 15.2. The molecule has 0 aromatic heterocycles. The summed E-state index contributed by atoms with van der Waals surface area (Å²) >= 11 is 0. The van der Waals surface area contributed by atoms with E-state index >= 15 is 0 Å². The second-order valence-corrected chi connectivity index (χ2v) is 8.52. The van der Waals surface area contributed by atoms with Gasteiger partial charge in [-0.2, -0.15) is 0 Å². The minimum atomic E-state index is 0.137. The molecule has 3 aliphatic rings. The summed E-state index contributed by atoms with van der Waals surface area (Å²) in [5.74, 6) is 2.28. The van der Waals surface area contributed by atoms with E-state index in [0.717, 1.165) is 6.54 Å². The van der Waals surface area contributed by atoms with Crippen LogP contribution in [0, 0.1) is 23.7 Å². The fourth-order valence-corrected chi connectivity index (χ4v) is 4.77. The molecule has 4 nitrogen and oxygen atoms in total. The van der Waals surface area contributed by atoms with Crippen LogP contribution in [0.15, 0.2) is 22.1 Å². The van der Waals surface area contributed by atoms with Gasteiger partial charge >= 0.3 is 0 Å². The number of fused-ring (bicyclic) bond motifs is 1. The second-order valence-electron chi connectivity index (χ2n) is 8.52. The summed E-state index contributed by atoms with van der Waals surface area (Å²) in [4.78, 5) is 12.7. The van der Waals surface area contributed by atoms with Crippen LogP contribution in [0.3, 0.4) is 0 Å². The second kappa shape index (κ2) is 7.09. The van der Waals surface area contributed by atoms with Gasteiger partial charge in [-0.25, -0.2) is 0 Å². The van der Waals surface area contributed by atoms with E-state index in [1.807, 2.05) is 0 Å². The van der Waals surface area contributed by atoms with Crippen LogP contribution in [-0.4, -0.2) is 55.2 Å². The van der Waals surface area contributed by atoms with Crippen LogP contribution in [0.5, 0.6) is 0 Å². The van der Waals surface area contributed by atoms with E-state index in [2.05, 4.69) is 64.2 Å². The SMILES string of the molecule is CC(C)C1=NC2C=CCNC2N=C1C1C(C)CC(N(C)C)CC1C. The molecule has 24 heavy (non-hydrogen) atoms. The lowest BCUT2D eigenvalue weighted by Gasteiger charge is -2.44. The number of hydrogen-bond acceptors (Lipinski definition) is 4. The van der Waals surface area contributed by atoms with Crippen LogP contribution in [0.1, 0.15) is 40.5 Å². The molecule has 0 amide bonds. The van der Waals surface area contributed by atoms with Gasteiger partial charge in [0, 0.05) is 18.5 Å². The van der Waals surface area contributed by atoms with E-state index in [-0.39, 0.29) is 12.2 Å². The molecular weight excluding hydrogens is 296 g/mol. The van der Waals surface area contributed by atoms with Gasteiger partial charge in [0.25, 0.3) is 0 Å². The van der Waals surface area contributed by atoms with Gasteiger partial charge in [0.2, 0.25) is 0 Å². The summed E-state index contributed by atoms with van der Waals surface area (Å²) in [6.07, 6.45) is 7.05. The van der Waals surface area contributed by atoms with Crippen molar-refractivity contribution in [1.82, 2.24) is 10.2 Å². The standard InChI is InChI=1S/C20H34N4/c1-12(2)18-19(23-20-16(22-18)8-7-9-21-20)17-13(3)10-15(24(5)6)11-14(17)4/h7-8,12-17,20-21H,9-11H2,1-6H3. The summed E-state index contributed by atoms with van der Waals surface area (Å²) in [5, 5.41) is 3.52. The van der Waals surface area contributed by atoms with Gasteiger partial charge in [-0.1, -0.05) is 39.8 Å². The van der Waals surface area contributed by atoms with Crippen molar-refractivity contribution in [2.45, 2.75) is 58.8 Å². The maximum absolute atomic E-state index is 5.21. The molecule has 0 spiro atoms. The van der Waals surface area contributed by atoms with Gasteiger partial charge in [0.05, 0.1) is 11.4 Å². The smallest absolute Gasteiger partial charge is 0.126 e. The molecule has 1 fully saturated rings. The Hall–Kier alpha value is -1.00. The van der Waals surface area contributed by atoms with Gasteiger partial charge in [-0.15, -0.1) is 0 Å². The van der Waals surface area contributed by atoms with Crippen molar-refractivity contribution in [3.8, 4) is 0 Å². The maximum Gasteiger partial charge on any atom is 0.126 e. The minimum Gasteiger partial charge on any atom is -0.306 e. The van der Waals surface area contributed by atoms with E-state index in [1.165, 1.54) is 24.3 Å². The summed E-state index contributed by atoms with van der Waals surface area (Å²) in [5.41, 5.74) is 2.54. The highest BCUT2D eigenvalue weighted by Crippen LogP contribution is 2.39. The molecule has 4 unspecified atom stereocenters. The fourth-order valence-electron chi connectivity index (χ4n) is 4.77. The molecule has 1 saturated carbocycles. The monoisotopic (exact) mass is 330 g/mol. The summed E-state index contributed by atoms with van der Waals surface area (Å²) in [6, 6.07) is 0.877. The van der Waals surface area contributed by atoms with Crippen LogP contribution in [0.2, 0.25) is 0 Å². The Labute approximate surface area is 147 Å². The van der Waals surface area contributed by atoms with Crippen molar-refractivity contribution in [3.05, 3.63) is 12.2 Å². The van der Waals surface area contributed by atoms with Crippen LogP contribution in [0.25, 0.3) is 0 Å². The minimum absolute atomic E-state index is 0.137. The first-order valence-corrected chi connectivity index (χ1v) is 9.60. The third-order valence-electron chi connectivity index (χ3n) is 6.04. The molecule has 4 atom stereocenters. The first-order chi connectivity index (χ1) is 11.4. The molecular formula is C20H34N4. The zero-order valence-corrected chi connectivity index (χ0v) is 16.2. The molecule has 134 valence electrons. The predicted molar refractivity (Wildman–Crippen MR) is 103 cm³/mol. The van der Waals surface area contributed by atoms with Gasteiger partial charge in [0.15, 0.2) is 0 Å². The predicted octanol–water partition coefficient (Wildman–Crippen LogP) is 3.00. The Kier molecular flexibility index (Phi) is 5.26. The molecule has 0 saturated heterocycles. The quantitative estimate of drug-likeness (QED) is 0.808. The van der Waals surface area contributed by atoms with Gasteiger partial charge in [-0.3, -0.25) is 15.3 Å². The largest absolute Gasteiger partial charge is 0.306 e. The average molecular weight is 331 g/mol. The molecule has 0 aromatic rings. The van der Waals surface area contributed by atoms with Crippen molar-refractivity contribution in [3.63, 3.8) is 0 Å².